The molecule has 7 nitrogen and oxygen atoms in total. The van der Waals surface area contributed by atoms with Crippen LogP contribution in [-0.4, -0.2) is 63.0 Å². The highest BCUT2D eigenvalue weighted by molar-refractivity contribution is 7.85. The van der Waals surface area contributed by atoms with Gasteiger partial charge >= 0.3 is 16.4 Å². The minimum Gasteiger partial charge on any atom is -0.497 e. The number of methoxy groups -OCH3 is 2. The molecular weight excluding hydrogens is 466 g/mol. The molecule has 0 aromatic heterocycles. The Morgan fingerprint density at radius 1 is 0.857 bits per heavy atom. The van der Waals surface area contributed by atoms with Crippen LogP contribution < -0.4 is 9.47 Å². The Kier molecular flexibility index (Phi) is 6.73. The molecule has 0 radical (unpaired) electrons. The van der Waals surface area contributed by atoms with Crippen molar-refractivity contribution in [1.29, 1.82) is 0 Å². The molecule has 1 saturated heterocycles. The molecule has 1 aliphatic heterocycles. The molecule has 35 heavy (non-hydrogen) atoms. The molecule has 1 amide bonds. The van der Waals surface area contributed by atoms with Crippen molar-refractivity contribution in [2.45, 2.75) is 24.0 Å². The lowest BCUT2D eigenvalue weighted by molar-refractivity contribution is -0.737. The van der Waals surface area contributed by atoms with Crippen LogP contribution in [0.1, 0.15) is 23.1 Å². The highest BCUT2D eigenvalue weighted by Gasteiger charge is 2.63. The third-order valence-electron chi connectivity index (χ3n) is 7.13. The molecule has 0 spiro atoms. The molecule has 0 bridgehead atoms. The fourth-order valence-electron chi connectivity index (χ4n) is 5.52. The van der Waals surface area contributed by atoms with Gasteiger partial charge in [-0.15, -0.1) is 0 Å². The largest absolute Gasteiger partial charge is 0.497 e. The second-order valence-electron chi connectivity index (χ2n) is 8.91. The Bertz CT molecular complexity index is 1230. The lowest BCUT2D eigenvalue weighted by Crippen LogP contribution is -2.62. The Balaban J connectivity index is 2.15. The van der Waals surface area contributed by atoms with Gasteiger partial charge < -0.3 is 14.6 Å². The molecule has 0 saturated carbocycles. The molecule has 4 rings (SSSR count). The number of nitrogens with zero attached hydrogens (tertiary/aromatic N) is 1. The van der Waals surface area contributed by atoms with Crippen molar-refractivity contribution < 1.29 is 31.7 Å². The molecule has 8 heteroatoms. The highest BCUT2D eigenvalue weighted by atomic mass is 32.2. The first kappa shape index (κ1) is 24.9. The van der Waals surface area contributed by atoms with E-state index in [0.717, 1.165) is 22.9 Å². The maximum absolute atomic E-state index is 13.3. The Morgan fingerprint density at radius 2 is 1.31 bits per heavy atom. The summed E-state index contributed by atoms with van der Waals surface area (Å²) < 4.78 is 36.4. The summed E-state index contributed by atoms with van der Waals surface area (Å²) in [5.74, 6) is 1.30. The monoisotopic (exact) mass is 496 g/mol. The van der Waals surface area contributed by atoms with Crippen LogP contribution in [0.5, 0.6) is 11.5 Å². The van der Waals surface area contributed by atoms with Crippen molar-refractivity contribution in [2.24, 2.45) is 0 Å². The summed E-state index contributed by atoms with van der Waals surface area (Å²) in [7, 11) is -0.814. The molecular formula is C27H30NO6S+. The van der Waals surface area contributed by atoms with Crippen molar-refractivity contribution in [2.75, 3.05) is 27.0 Å². The van der Waals surface area contributed by atoms with Crippen molar-refractivity contribution in [3.8, 4) is 11.5 Å². The predicted octanol–water partition coefficient (Wildman–Crippen LogP) is 3.10. The minimum absolute atomic E-state index is 0.110. The molecule has 1 heterocycles. The van der Waals surface area contributed by atoms with E-state index in [2.05, 4.69) is 0 Å². The number of aliphatic hydroxyl groups is 1. The highest BCUT2D eigenvalue weighted by Crippen LogP contribution is 2.51. The molecule has 3 aromatic carbocycles. The van der Waals surface area contributed by atoms with Crippen molar-refractivity contribution in [1.82, 2.24) is 0 Å². The Morgan fingerprint density at radius 3 is 1.71 bits per heavy atom. The van der Waals surface area contributed by atoms with E-state index in [4.69, 9.17) is 9.47 Å². The van der Waals surface area contributed by atoms with E-state index < -0.39 is 31.5 Å². The van der Waals surface area contributed by atoms with E-state index in [1.165, 1.54) is 0 Å². The van der Waals surface area contributed by atoms with E-state index in [9.17, 15) is 18.3 Å². The van der Waals surface area contributed by atoms with Gasteiger partial charge in [0.25, 0.3) is 0 Å². The minimum atomic E-state index is -3.97. The van der Waals surface area contributed by atoms with Gasteiger partial charge in [0, 0.05) is 6.42 Å². The van der Waals surface area contributed by atoms with Crippen LogP contribution in [0.4, 0.5) is 0 Å². The lowest BCUT2D eigenvalue weighted by Gasteiger charge is -2.45. The number of hydrogen-bond acceptors (Lipinski definition) is 6. The van der Waals surface area contributed by atoms with Gasteiger partial charge in [-0.1, -0.05) is 54.6 Å². The van der Waals surface area contributed by atoms with E-state index in [1.54, 1.807) is 14.2 Å². The SMILES string of the molecule is COc1ccc(C(c2ccccc2)(c2ccc(OC)cc2)C2CC(O)C[N+]2(C=O)S(C)(=O)=O)cc1. The summed E-state index contributed by atoms with van der Waals surface area (Å²) in [5.41, 5.74) is 1.27. The number of ether oxygens (including phenoxy) is 2. The molecule has 3 unspecified atom stereocenters. The van der Waals surface area contributed by atoms with Gasteiger partial charge in [-0.2, -0.15) is 12.3 Å². The molecule has 1 N–H and O–H groups in total. The van der Waals surface area contributed by atoms with E-state index in [1.807, 2.05) is 78.9 Å². The molecule has 3 atom stereocenters. The molecule has 0 aliphatic carbocycles. The van der Waals surface area contributed by atoms with E-state index in [0.29, 0.717) is 17.9 Å². The number of carbonyl (C=O) groups excluding carboxylic acids is 1. The summed E-state index contributed by atoms with van der Waals surface area (Å²) in [6.07, 6.45) is 0.670. The zero-order chi connectivity index (χ0) is 25.3. The zero-order valence-electron chi connectivity index (χ0n) is 20.0. The molecule has 3 aromatic rings. The second kappa shape index (κ2) is 9.45. The summed E-state index contributed by atoms with van der Waals surface area (Å²) in [4.78, 5) is 12.7. The first-order valence-corrected chi connectivity index (χ1v) is 13.1. The lowest BCUT2D eigenvalue weighted by atomic mass is 9.64. The summed E-state index contributed by atoms with van der Waals surface area (Å²) >= 11 is 0. The first-order chi connectivity index (χ1) is 16.7. The van der Waals surface area contributed by atoms with Gasteiger partial charge in [0.15, 0.2) is 0 Å². The van der Waals surface area contributed by atoms with Gasteiger partial charge in [-0.05, 0) is 41.0 Å². The van der Waals surface area contributed by atoms with Crippen molar-refractivity contribution in [3.63, 3.8) is 0 Å². The number of amides is 1. The van der Waals surface area contributed by atoms with Gasteiger partial charge in [-0.3, -0.25) is 0 Å². The topological polar surface area (TPSA) is 89.9 Å². The number of quaternary nitrogens is 1. The van der Waals surface area contributed by atoms with Crippen LogP contribution in [-0.2, 0) is 20.2 Å². The zero-order valence-corrected chi connectivity index (χ0v) is 20.8. The summed E-state index contributed by atoms with van der Waals surface area (Å²) in [6.45, 7) is -0.214. The summed E-state index contributed by atoms with van der Waals surface area (Å²) in [6, 6.07) is 23.5. The smallest absolute Gasteiger partial charge is 0.317 e. The number of benzene rings is 3. The number of aliphatic hydroxyl groups excluding tert-OH is 1. The fourth-order valence-corrected chi connectivity index (χ4v) is 6.82. The van der Waals surface area contributed by atoms with Gasteiger partial charge in [0.05, 0.1) is 25.9 Å². The normalized spacial score (nSPS) is 22.5. The quantitative estimate of drug-likeness (QED) is 0.293. The van der Waals surface area contributed by atoms with E-state index in [-0.39, 0.29) is 13.0 Å². The average Bonchev–Trinajstić information content (AvgIpc) is 3.24. The second-order valence-corrected chi connectivity index (χ2v) is 11.1. The fraction of sp³-hybridized carbons (Fsp3) is 0.296. The number of carbonyl (C=O) groups is 1. The van der Waals surface area contributed by atoms with Gasteiger partial charge in [0.1, 0.15) is 30.2 Å². The first-order valence-electron chi connectivity index (χ1n) is 11.3. The number of hydrogen-bond donors (Lipinski definition) is 1. The molecule has 1 fully saturated rings. The third kappa shape index (κ3) is 4.01. The standard InChI is InChI=1S/C27H30NO6S/c1-33-24-13-9-21(10-14-24)27(20-7-5-4-6-8-20,22-11-15-25(34-2)16-12-22)26-17-23(30)18-28(26,19-29)35(3,31)32/h4-16,19,23,26,30H,17-18H2,1-3H3/q+1. The maximum Gasteiger partial charge on any atom is 0.317 e. The van der Waals surface area contributed by atoms with Crippen LogP contribution in [0.2, 0.25) is 0 Å². The molecule has 1 aliphatic rings. The number of sulfonamides is 1. The Labute approximate surface area is 206 Å². The Hall–Kier alpha value is -3.20. The van der Waals surface area contributed by atoms with E-state index >= 15 is 0 Å². The van der Waals surface area contributed by atoms with Crippen LogP contribution in [0.15, 0.2) is 78.9 Å². The van der Waals surface area contributed by atoms with Crippen molar-refractivity contribution in [3.05, 3.63) is 95.6 Å². The summed E-state index contributed by atoms with van der Waals surface area (Å²) in [5, 5.41) is 10.8. The predicted molar refractivity (Wildman–Crippen MR) is 133 cm³/mol. The van der Waals surface area contributed by atoms with Crippen LogP contribution in [0.3, 0.4) is 0 Å². The average molecular weight is 497 g/mol. The van der Waals surface area contributed by atoms with Crippen molar-refractivity contribution >= 4 is 16.4 Å². The molecule has 184 valence electrons. The van der Waals surface area contributed by atoms with Gasteiger partial charge in [0.2, 0.25) is 0 Å². The number of likely N-dealkylation sites (tertiary alicyclic amines) is 1. The van der Waals surface area contributed by atoms with Crippen LogP contribution in [0.25, 0.3) is 0 Å². The van der Waals surface area contributed by atoms with Crippen LogP contribution in [0, 0.1) is 0 Å². The number of rotatable bonds is 8. The van der Waals surface area contributed by atoms with Gasteiger partial charge in [-0.25, -0.2) is 4.79 Å². The van der Waals surface area contributed by atoms with Crippen LogP contribution >= 0.6 is 0 Å². The third-order valence-corrected chi connectivity index (χ3v) is 8.86. The maximum atomic E-state index is 13.3.